The van der Waals surface area contributed by atoms with Crippen LogP contribution in [0.4, 0.5) is 0 Å². The van der Waals surface area contributed by atoms with Crippen molar-refractivity contribution >= 4 is 34.5 Å². The van der Waals surface area contributed by atoms with Crippen LogP contribution in [0.15, 0.2) is 65.1 Å². The zero-order chi connectivity index (χ0) is 25.4. The lowest BCUT2D eigenvalue weighted by atomic mass is 10.0. The fourth-order valence-electron chi connectivity index (χ4n) is 5.30. The Morgan fingerprint density at radius 2 is 1.75 bits per heavy atom. The SMILES string of the molecule is CC(C)C[C@H](NC(=O)c1cc2ccccc2o1)C(=O)N1CC[C@@H]2[C@H]1C(=O)CN2C(=O)c1ccccc1. The number of furan rings is 1. The monoisotopic (exact) mass is 487 g/mol. The largest absolute Gasteiger partial charge is 0.451 e. The van der Waals surface area contributed by atoms with Gasteiger partial charge in [-0.3, -0.25) is 19.2 Å². The number of fused-ring (bicyclic) bond motifs is 2. The highest BCUT2D eigenvalue weighted by molar-refractivity contribution is 6.03. The lowest BCUT2D eigenvalue weighted by molar-refractivity contribution is -0.138. The molecule has 1 aromatic heterocycles. The van der Waals surface area contributed by atoms with Crippen LogP contribution in [0.3, 0.4) is 0 Å². The van der Waals surface area contributed by atoms with E-state index in [0.29, 0.717) is 30.5 Å². The minimum atomic E-state index is -0.809. The maximum absolute atomic E-state index is 13.7. The third-order valence-corrected chi connectivity index (χ3v) is 6.95. The third-order valence-electron chi connectivity index (χ3n) is 6.95. The molecule has 0 unspecified atom stereocenters. The second kappa shape index (κ2) is 9.60. The number of amides is 3. The molecule has 8 nitrogen and oxygen atoms in total. The molecule has 5 rings (SSSR count). The van der Waals surface area contributed by atoms with Crippen LogP contribution < -0.4 is 5.32 Å². The number of nitrogens with one attached hydrogen (secondary N) is 1. The summed E-state index contributed by atoms with van der Waals surface area (Å²) in [5, 5.41) is 3.64. The molecular formula is C28H29N3O5. The van der Waals surface area contributed by atoms with Crippen LogP contribution in [-0.2, 0) is 9.59 Å². The van der Waals surface area contributed by atoms with E-state index in [4.69, 9.17) is 4.42 Å². The summed E-state index contributed by atoms with van der Waals surface area (Å²) in [7, 11) is 0. The summed E-state index contributed by atoms with van der Waals surface area (Å²) in [5.74, 6) is -0.871. The molecule has 3 heterocycles. The molecule has 1 N–H and O–H groups in total. The lowest BCUT2D eigenvalue weighted by Crippen LogP contribution is -2.53. The van der Waals surface area contributed by atoms with Crippen LogP contribution in [-0.4, -0.2) is 64.5 Å². The van der Waals surface area contributed by atoms with Crippen molar-refractivity contribution in [2.24, 2.45) is 5.92 Å². The van der Waals surface area contributed by atoms with Crippen LogP contribution in [0.25, 0.3) is 11.0 Å². The van der Waals surface area contributed by atoms with Gasteiger partial charge in [0.25, 0.3) is 11.8 Å². The maximum Gasteiger partial charge on any atom is 0.287 e. The average Bonchev–Trinajstić information content (AvgIpc) is 3.58. The quantitative estimate of drug-likeness (QED) is 0.575. The average molecular weight is 488 g/mol. The van der Waals surface area contributed by atoms with Gasteiger partial charge in [-0.25, -0.2) is 0 Å². The van der Waals surface area contributed by atoms with E-state index >= 15 is 0 Å². The van der Waals surface area contributed by atoms with Gasteiger partial charge in [0.1, 0.15) is 17.7 Å². The molecule has 0 radical (unpaired) electrons. The number of likely N-dealkylation sites (tertiary alicyclic amines) is 2. The number of benzene rings is 2. The van der Waals surface area contributed by atoms with E-state index in [-0.39, 0.29) is 41.9 Å². The van der Waals surface area contributed by atoms with Crippen LogP contribution in [0, 0.1) is 5.92 Å². The van der Waals surface area contributed by atoms with E-state index in [1.54, 1.807) is 46.2 Å². The molecule has 0 spiro atoms. The fourth-order valence-corrected chi connectivity index (χ4v) is 5.30. The summed E-state index contributed by atoms with van der Waals surface area (Å²) in [6.45, 7) is 4.28. The molecule has 3 atom stereocenters. The van der Waals surface area contributed by atoms with Gasteiger partial charge in [-0.2, -0.15) is 0 Å². The summed E-state index contributed by atoms with van der Waals surface area (Å²) in [6, 6.07) is 16.0. The smallest absolute Gasteiger partial charge is 0.287 e. The number of carbonyl (C=O) groups is 4. The van der Waals surface area contributed by atoms with Crippen molar-refractivity contribution in [2.45, 2.75) is 44.8 Å². The van der Waals surface area contributed by atoms with Crippen LogP contribution in [0.1, 0.15) is 47.6 Å². The molecule has 0 bridgehead atoms. The van der Waals surface area contributed by atoms with E-state index in [9.17, 15) is 19.2 Å². The Labute approximate surface area is 209 Å². The molecule has 2 aromatic carbocycles. The third kappa shape index (κ3) is 4.39. The molecule has 3 aromatic rings. The molecular weight excluding hydrogens is 458 g/mol. The Morgan fingerprint density at radius 1 is 1.03 bits per heavy atom. The highest BCUT2D eigenvalue weighted by atomic mass is 16.3. The molecule has 2 fully saturated rings. The van der Waals surface area contributed by atoms with Crippen LogP contribution in [0.5, 0.6) is 0 Å². The Hall–Kier alpha value is -3.94. The number of rotatable bonds is 6. The zero-order valence-corrected chi connectivity index (χ0v) is 20.3. The van der Waals surface area contributed by atoms with E-state index < -0.39 is 18.0 Å². The number of para-hydroxylation sites is 1. The van der Waals surface area contributed by atoms with Crippen molar-refractivity contribution in [3.8, 4) is 0 Å². The minimum absolute atomic E-state index is 0.0208. The van der Waals surface area contributed by atoms with Crippen LogP contribution >= 0.6 is 0 Å². The van der Waals surface area contributed by atoms with Crippen molar-refractivity contribution in [3.05, 3.63) is 72.0 Å². The number of carbonyl (C=O) groups excluding carboxylic acids is 4. The van der Waals surface area contributed by atoms with Gasteiger partial charge < -0.3 is 19.5 Å². The Kier molecular flexibility index (Phi) is 6.35. The first kappa shape index (κ1) is 23.8. The molecule has 36 heavy (non-hydrogen) atoms. The van der Waals surface area contributed by atoms with Gasteiger partial charge in [0.05, 0.1) is 12.6 Å². The van der Waals surface area contributed by atoms with Gasteiger partial charge in [-0.05, 0) is 43.0 Å². The summed E-state index contributed by atoms with van der Waals surface area (Å²) in [5.41, 5.74) is 1.11. The van der Waals surface area contributed by atoms with E-state index in [2.05, 4.69) is 5.32 Å². The van der Waals surface area contributed by atoms with Gasteiger partial charge in [-0.15, -0.1) is 0 Å². The normalized spacial score (nSPS) is 20.1. The molecule has 2 aliphatic rings. The Bertz CT molecular complexity index is 1280. The predicted octanol–water partition coefficient (Wildman–Crippen LogP) is 3.27. The molecule has 2 aliphatic heterocycles. The fraction of sp³-hybridized carbons (Fsp3) is 0.357. The molecule has 0 saturated carbocycles. The first-order chi connectivity index (χ1) is 17.3. The van der Waals surface area contributed by atoms with Crippen molar-refractivity contribution in [1.82, 2.24) is 15.1 Å². The predicted molar refractivity (Wildman–Crippen MR) is 133 cm³/mol. The lowest BCUT2D eigenvalue weighted by Gasteiger charge is -2.29. The number of Topliss-reactive ketones (excluding diaryl/α,β-unsaturated/α-hetero) is 1. The maximum atomic E-state index is 13.7. The second-order valence-electron chi connectivity index (χ2n) is 9.90. The summed E-state index contributed by atoms with van der Waals surface area (Å²) in [6.07, 6.45) is 0.937. The standard InChI is InChI=1S/C28H29N3O5/c1-17(2)14-20(29-26(33)24-15-19-10-6-7-11-23(19)36-24)28(35)30-13-12-21-25(30)22(32)16-31(21)27(34)18-8-4-3-5-9-18/h3-11,15,17,20-21,25H,12-14,16H2,1-2H3,(H,29,33)/t20-,21+,25-/m0/s1. The van der Waals surface area contributed by atoms with Crippen molar-refractivity contribution in [3.63, 3.8) is 0 Å². The first-order valence-electron chi connectivity index (χ1n) is 12.3. The van der Waals surface area contributed by atoms with Crippen molar-refractivity contribution in [2.75, 3.05) is 13.1 Å². The first-order valence-corrected chi connectivity index (χ1v) is 12.3. The topological polar surface area (TPSA) is 99.9 Å². The minimum Gasteiger partial charge on any atom is -0.451 e. The van der Waals surface area contributed by atoms with Gasteiger partial charge in [0.15, 0.2) is 11.5 Å². The molecule has 0 aliphatic carbocycles. The highest BCUT2D eigenvalue weighted by Crippen LogP contribution is 2.32. The number of hydrogen-bond donors (Lipinski definition) is 1. The van der Waals surface area contributed by atoms with Crippen molar-refractivity contribution in [1.29, 1.82) is 0 Å². The molecule has 186 valence electrons. The van der Waals surface area contributed by atoms with E-state index in [0.717, 1.165) is 5.39 Å². The molecule has 8 heteroatoms. The van der Waals surface area contributed by atoms with Gasteiger partial charge in [0, 0.05) is 17.5 Å². The zero-order valence-electron chi connectivity index (χ0n) is 20.3. The van der Waals surface area contributed by atoms with E-state index in [1.807, 2.05) is 38.1 Å². The van der Waals surface area contributed by atoms with Crippen LogP contribution in [0.2, 0.25) is 0 Å². The molecule has 2 saturated heterocycles. The number of nitrogens with zero attached hydrogens (tertiary/aromatic N) is 2. The Balaban J connectivity index is 1.34. The number of ketones is 1. The van der Waals surface area contributed by atoms with Gasteiger partial charge in [-0.1, -0.05) is 50.2 Å². The summed E-state index contributed by atoms with van der Waals surface area (Å²) in [4.78, 5) is 55.9. The summed E-state index contributed by atoms with van der Waals surface area (Å²) >= 11 is 0. The van der Waals surface area contributed by atoms with Gasteiger partial charge >= 0.3 is 0 Å². The Morgan fingerprint density at radius 3 is 2.47 bits per heavy atom. The number of hydrogen-bond acceptors (Lipinski definition) is 5. The second-order valence-corrected chi connectivity index (χ2v) is 9.90. The van der Waals surface area contributed by atoms with E-state index in [1.165, 1.54) is 0 Å². The summed E-state index contributed by atoms with van der Waals surface area (Å²) < 4.78 is 5.67. The van der Waals surface area contributed by atoms with Gasteiger partial charge in [0.2, 0.25) is 5.91 Å². The highest BCUT2D eigenvalue weighted by Gasteiger charge is 2.52. The molecule has 3 amide bonds. The van der Waals surface area contributed by atoms with Crippen molar-refractivity contribution < 1.29 is 23.6 Å².